The number of amides is 1. The second kappa shape index (κ2) is 6.48. The first-order valence-electron chi connectivity index (χ1n) is 8.56. The summed E-state index contributed by atoms with van der Waals surface area (Å²) in [5.41, 5.74) is 3.08. The van der Waals surface area contributed by atoms with Crippen molar-refractivity contribution in [3.63, 3.8) is 0 Å². The van der Waals surface area contributed by atoms with Crippen molar-refractivity contribution < 1.29 is 4.79 Å². The topological polar surface area (TPSA) is 99.4 Å². The molecule has 1 aliphatic carbocycles. The van der Waals surface area contributed by atoms with Crippen LogP contribution in [0.3, 0.4) is 0 Å². The molecular formula is C19H18N6O. The van der Waals surface area contributed by atoms with Gasteiger partial charge in [-0.25, -0.2) is 4.68 Å². The van der Waals surface area contributed by atoms with Crippen LogP contribution in [0.25, 0.3) is 5.69 Å². The van der Waals surface area contributed by atoms with Crippen LogP contribution in [0.15, 0.2) is 42.6 Å². The molecule has 4 rings (SSSR count). The Morgan fingerprint density at radius 3 is 3.00 bits per heavy atom. The van der Waals surface area contributed by atoms with Gasteiger partial charge in [0.05, 0.1) is 28.9 Å². The maximum Gasteiger partial charge on any atom is 0.234 e. The standard InChI is InChI=1S/C19H18N6O/c1-12(19(26)21-18-10-17(22-23-18)14-5-6-14)16-7-8-25(24-16)15-4-2-3-13(9-15)11-20/h2-4,7-10,12,14H,5-6H2,1H3,(H2,21,22,23,26)/t12-/m0/s1. The van der Waals surface area contributed by atoms with Crippen LogP contribution in [0.2, 0.25) is 0 Å². The largest absolute Gasteiger partial charge is 0.309 e. The molecule has 7 nitrogen and oxygen atoms in total. The molecule has 0 spiro atoms. The summed E-state index contributed by atoms with van der Waals surface area (Å²) in [7, 11) is 0. The molecule has 0 saturated heterocycles. The summed E-state index contributed by atoms with van der Waals surface area (Å²) in [5, 5.41) is 23.5. The molecule has 3 aromatic rings. The molecule has 0 unspecified atom stereocenters. The molecule has 2 heterocycles. The molecule has 1 saturated carbocycles. The Labute approximate surface area is 150 Å². The third-order valence-corrected chi connectivity index (χ3v) is 4.55. The van der Waals surface area contributed by atoms with E-state index in [0.29, 0.717) is 23.0 Å². The van der Waals surface area contributed by atoms with Crippen LogP contribution in [0.4, 0.5) is 5.82 Å². The molecule has 0 bridgehead atoms. The fraction of sp³-hybridized carbons (Fsp3) is 0.263. The second-order valence-electron chi connectivity index (χ2n) is 6.54. The monoisotopic (exact) mass is 346 g/mol. The molecule has 1 atom stereocenters. The highest BCUT2D eigenvalue weighted by atomic mass is 16.2. The van der Waals surface area contributed by atoms with Gasteiger partial charge in [-0.05, 0) is 44.0 Å². The summed E-state index contributed by atoms with van der Waals surface area (Å²) < 4.78 is 1.67. The van der Waals surface area contributed by atoms with Crippen LogP contribution >= 0.6 is 0 Å². The number of rotatable bonds is 5. The van der Waals surface area contributed by atoms with Gasteiger partial charge in [-0.3, -0.25) is 9.89 Å². The molecule has 1 aliphatic rings. The highest BCUT2D eigenvalue weighted by Crippen LogP contribution is 2.39. The summed E-state index contributed by atoms with van der Waals surface area (Å²) in [6.45, 7) is 1.81. The maximum atomic E-state index is 12.5. The number of hydrogen-bond acceptors (Lipinski definition) is 4. The van der Waals surface area contributed by atoms with Gasteiger partial charge in [0.1, 0.15) is 0 Å². The number of aromatic amines is 1. The van der Waals surface area contributed by atoms with Crippen molar-refractivity contribution in [3.05, 3.63) is 59.5 Å². The average Bonchev–Trinajstić information content (AvgIpc) is 3.21. The predicted molar refractivity (Wildman–Crippen MR) is 95.9 cm³/mol. The van der Waals surface area contributed by atoms with Crippen LogP contribution in [0.1, 0.15) is 48.6 Å². The number of hydrogen-bond donors (Lipinski definition) is 2. The number of nitrogens with one attached hydrogen (secondary N) is 2. The molecular weight excluding hydrogens is 328 g/mol. The van der Waals surface area contributed by atoms with Crippen molar-refractivity contribution in [1.82, 2.24) is 20.0 Å². The smallest absolute Gasteiger partial charge is 0.234 e. The second-order valence-corrected chi connectivity index (χ2v) is 6.54. The van der Waals surface area contributed by atoms with Crippen molar-refractivity contribution in [2.75, 3.05) is 5.32 Å². The van der Waals surface area contributed by atoms with Gasteiger partial charge in [0.25, 0.3) is 0 Å². The van der Waals surface area contributed by atoms with E-state index in [4.69, 9.17) is 5.26 Å². The molecule has 2 aromatic heterocycles. The predicted octanol–water partition coefficient (Wildman–Crippen LogP) is 3.09. The van der Waals surface area contributed by atoms with Gasteiger partial charge in [-0.15, -0.1) is 0 Å². The van der Waals surface area contributed by atoms with Crippen LogP contribution in [-0.2, 0) is 4.79 Å². The van der Waals surface area contributed by atoms with Gasteiger partial charge in [-0.1, -0.05) is 6.07 Å². The lowest BCUT2D eigenvalue weighted by molar-refractivity contribution is -0.117. The van der Waals surface area contributed by atoms with Gasteiger partial charge < -0.3 is 5.32 Å². The molecule has 1 amide bonds. The fourth-order valence-electron chi connectivity index (χ4n) is 2.80. The van der Waals surface area contributed by atoms with Crippen LogP contribution < -0.4 is 5.32 Å². The average molecular weight is 346 g/mol. The summed E-state index contributed by atoms with van der Waals surface area (Å²) in [4.78, 5) is 12.5. The quantitative estimate of drug-likeness (QED) is 0.741. The third-order valence-electron chi connectivity index (χ3n) is 4.55. The van der Waals surface area contributed by atoms with Crippen molar-refractivity contribution >= 4 is 11.7 Å². The van der Waals surface area contributed by atoms with E-state index in [9.17, 15) is 4.79 Å². The number of nitriles is 1. The molecule has 1 aromatic carbocycles. The first-order valence-corrected chi connectivity index (χ1v) is 8.56. The van der Waals surface area contributed by atoms with Crippen molar-refractivity contribution in [2.24, 2.45) is 0 Å². The summed E-state index contributed by atoms with van der Waals surface area (Å²) in [6.07, 6.45) is 4.14. The minimum atomic E-state index is -0.420. The Bertz CT molecular complexity index is 991. The van der Waals surface area contributed by atoms with Gasteiger partial charge in [-0.2, -0.15) is 15.5 Å². The van der Waals surface area contributed by atoms with E-state index >= 15 is 0 Å². The van der Waals surface area contributed by atoms with Crippen LogP contribution in [-0.4, -0.2) is 25.9 Å². The zero-order valence-corrected chi connectivity index (χ0v) is 14.3. The van der Waals surface area contributed by atoms with Gasteiger partial charge in [0, 0.05) is 23.9 Å². The van der Waals surface area contributed by atoms with E-state index in [1.165, 1.54) is 12.8 Å². The lowest BCUT2D eigenvalue weighted by atomic mass is 10.1. The zero-order chi connectivity index (χ0) is 18.1. The summed E-state index contributed by atoms with van der Waals surface area (Å²) in [5.74, 6) is 0.529. The van der Waals surface area contributed by atoms with E-state index in [-0.39, 0.29) is 5.91 Å². The van der Waals surface area contributed by atoms with Gasteiger partial charge in [0.15, 0.2) is 5.82 Å². The molecule has 26 heavy (non-hydrogen) atoms. The Balaban J connectivity index is 1.47. The van der Waals surface area contributed by atoms with E-state index < -0.39 is 5.92 Å². The van der Waals surface area contributed by atoms with Crippen LogP contribution in [0, 0.1) is 11.3 Å². The first-order chi connectivity index (χ1) is 12.6. The van der Waals surface area contributed by atoms with Crippen molar-refractivity contribution in [3.8, 4) is 11.8 Å². The van der Waals surface area contributed by atoms with E-state index in [1.807, 2.05) is 25.1 Å². The fourth-order valence-corrected chi connectivity index (χ4v) is 2.80. The Hall–Kier alpha value is -3.40. The SMILES string of the molecule is C[C@H](C(=O)Nc1cc(C2CC2)[nH]n1)c1ccn(-c2cccc(C#N)c2)n1. The molecule has 130 valence electrons. The maximum absolute atomic E-state index is 12.5. The molecule has 1 fully saturated rings. The zero-order valence-electron chi connectivity index (χ0n) is 14.3. The Morgan fingerprint density at radius 2 is 2.23 bits per heavy atom. The minimum Gasteiger partial charge on any atom is -0.309 e. The number of benzene rings is 1. The normalized spacial score (nSPS) is 14.6. The van der Waals surface area contributed by atoms with E-state index in [2.05, 4.69) is 26.7 Å². The molecule has 0 aliphatic heterocycles. The highest BCUT2D eigenvalue weighted by Gasteiger charge is 2.26. The number of carbonyl (C=O) groups is 1. The molecule has 0 radical (unpaired) electrons. The van der Waals surface area contributed by atoms with Gasteiger partial charge >= 0.3 is 0 Å². The van der Waals surface area contributed by atoms with E-state index in [0.717, 1.165) is 11.4 Å². The van der Waals surface area contributed by atoms with Crippen molar-refractivity contribution in [2.45, 2.75) is 31.6 Å². The van der Waals surface area contributed by atoms with Crippen molar-refractivity contribution in [1.29, 1.82) is 5.26 Å². The number of H-pyrrole nitrogens is 1. The minimum absolute atomic E-state index is 0.158. The lowest BCUT2D eigenvalue weighted by Crippen LogP contribution is -2.19. The summed E-state index contributed by atoms with van der Waals surface area (Å²) in [6, 6.07) is 13.0. The van der Waals surface area contributed by atoms with Crippen LogP contribution in [0.5, 0.6) is 0 Å². The number of carbonyl (C=O) groups excluding carboxylic acids is 1. The Kier molecular flexibility index (Phi) is 4.01. The number of anilines is 1. The van der Waals surface area contributed by atoms with Gasteiger partial charge in [0.2, 0.25) is 5.91 Å². The number of nitrogens with zero attached hydrogens (tertiary/aromatic N) is 4. The first kappa shape index (κ1) is 16.1. The molecule has 7 heteroatoms. The van der Waals surface area contributed by atoms with E-state index in [1.54, 1.807) is 29.1 Å². The highest BCUT2D eigenvalue weighted by molar-refractivity contribution is 5.94. The number of aromatic nitrogens is 4. The lowest BCUT2D eigenvalue weighted by Gasteiger charge is -2.08. The third kappa shape index (κ3) is 3.22. The Morgan fingerprint density at radius 1 is 1.38 bits per heavy atom. The molecule has 2 N–H and O–H groups in total. The summed E-state index contributed by atoms with van der Waals surface area (Å²) >= 11 is 0.